The predicted octanol–water partition coefficient (Wildman–Crippen LogP) is 3.59. The zero-order valence-electron chi connectivity index (χ0n) is 11.9. The Bertz CT molecular complexity index is 585. The molecule has 0 spiro atoms. The molecule has 1 aromatic carbocycles. The maximum atomic E-state index is 5.85. The van der Waals surface area contributed by atoms with Gasteiger partial charge in [-0.05, 0) is 37.5 Å². The molecule has 0 atom stereocenters. The van der Waals surface area contributed by atoms with Gasteiger partial charge in [0.2, 0.25) is 0 Å². The van der Waals surface area contributed by atoms with Crippen LogP contribution in [0.3, 0.4) is 0 Å². The predicted molar refractivity (Wildman–Crippen MR) is 84.7 cm³/mol. The molecule has 1 aliphatic carbocycles. The van der Waals surface area contributed by atoms with Gasteiger partial charge in [-0.15, -0.1) is 11.3 Å². The van der Waals surface area contributed by atoms with E-state index in [1.54, 1.807) is 11.3 Å². The summed E-state index contributed by atoms with van der Waals surface area (Å²) in [5, 5.41) is 7.16. The SMILES string of the molecule is Cc1csc(C2(NCc3cccc(N)c3)CCCC2)n1. The van der Waals surface area contributed by atoms with Crippen LogP contribution in [0.5, 0.6) is 0 Å². The van der Waals surface area contributed by atoms with E-state index in [1.807, 2.05) is 18.2 Å². The van der Waals surface area contributed by atoms with E-state index in [9.17, 15) is 0 Å². The highest BCUT2D eigenvalue weighted by molar-refractivity contribution is 7.09. The van der Waals surface area contributed by atoms with Crippen molar-refractivity contribution in [2.75, 3.05) is 5.73 Å². The third-order valence-corrected chi connectivity index (χ3v) is 5.23. The van der Waals surface area contributed by atoms with E-state index in [2.05, 4.69) is 23.7 Å². The summed E-state index contributed by atoms with van der Waals surface area (Å²) in [4.78, 5) is 4.73. The van der Waals surface area contributed by atoms with Crippen LogP contribution in [-0.4, -0.2) is 4.98 Å². The van der Waals surface area contributed by atoms with Crippen molar-refractivity contribution in [2.24, 2.45) is 0 Å². The summed E-state index contributed by atoms with van der Waals surface area (Å²) in [6.45, 7) is 2.92. The quantitative estimate of drug-likeness (QED) is 0.845. The Balaban J connectivity index is 1.78. The van der Waals surface area contributed by atoms with Crippen LogP contribution in [0, 0.1) is 6.92 Å². The highest BCUT2D eigenvalue weighted by Gasteiger charge is 2.37. The lowest BCUT2D eigenvalue weighted by atomic mass is 9.98. The second-order valence-electron chi connectivity index (χ2n) is 5.68. The summed E-state index contributed by atoms with van der Waals surface area (Å²) in [7, 11) is 0. The Morgan fingerprint density at radius 2 is 2.15 bits per heavy atom. The molecule has 106 valence electrons. The second kappa shape index (κ2) is 5.54. The standard InChI is InChI=1S/C16H21N3S/c1-12-11-20-15(19-12)16(7-2-3-8-16)18-10-13-5-4-6-14(17)9-13/h4-6,9,11,18H,2-3,7-8,10,17H2,1H3. The molecule has 3 nitrogen and oxygen atoms in total. The van der Waals surface area contributed by atoms with E-state index in [0.717, 1.165) is 17.9 Å². The lowest BCUT2D eigenvalue weighted by Gasteiger charge is -2.28. The van der Waals surface area contributed by atoms with Crippen LogP contribution in [0.25, 0.3) is 0 Å². The van der Waals surface area contributed by atoms with E-state index in [0.29, 0.717) is 0 Å². The summed E-state index contributed by atoms with van der Waals surface area (Å²) in [5.74, 6) is 0. The summed E-state index contributed by atoms with van der Waals surface area (Å²) in [5.41, 5.74) is 9.12. The van der Waals surface area contributed by atoms with E-state index >= 15 is 0 Å². The van der Waals surface area contributed by atoms with Gasteiger partial charge in [-0.25, -0.2) is 4.98 Å². The van der Waals surface area contributed by atoms with Crippen LogP contribution < -0.4 is 11.1 Å². The van der Waals surface area contributed by atoms with Crippen molar-refractivity contribution in [3.63, 3.8) is 0 Å². The minimum Gasteiger partial charge on any atom is -0.399 e. The van der Waals surface area contributed by atoms with Gasteiger partial charge in [0.25, 0.3) is 0 Å². The molecule has 0 amide bonds. The lowest BCUT2D eigenvalue weighted by Crippen LogP contribution is -2.39. The van der Waals surface area contributed by atoms with Crippen LogP contribution in [0.15, 0.2) is 29.6 Å². The number of anilines is 1. The average molecular weight is 287 g/mol. The highest BCUT2D eigenvalue weighted by Crippen LogP contribution is 2.40. The minimum atomic E-state index is 0.0729. The van der Waals surface area contributed by atoms with Crippen LogP contribution in [-0.2, 0) is 12.1 Å². The fraction of sp³-hybridized carbons (Fsp3) is 0.438. The minimum absolute atomic E-state index is 0.0729. The van der Waals surface area contributed by atoms with Crippen molar-refractivity contribution in [3.05, 3.63) is 45.9 Å². The molecular weight excluding hydrogens is 266 g/mol. The summed E-state index contributed by atoms with van der Waals surface area (Å²) in [6, 6.07) is 8.11. The molecule has 20 heavy (non-hydrogen) atoms. The molecule has 1 aliphatic rings. The number of benzene rings is 1. The van der Waals surface area contributed by atoms with Crippen molar-refractivity contribution >= 4 is 17.0 Å². The molecule has 0 saturated heterocycles. The Labute approximate surface area is 124 Å². The Hall–Kier alpha value is -1.39. The number of aromatic nitrogens is 1. The Morgan fingerprint density at radius 1 is 1.35 bits per heavy atom. The molecule has 0 radical (unpaired) electrons. The van der Waals surface area contributed by atoms with Crippen molar-refractivity contribution in [1.29, 1.82) is 0 Å². The van der Waals surface area contributed by atoms with Gasteiger partial charge in [-0.1, -0.05) is 25.0 Å². The normalized spacial score (nSPS) is 17.4. The van der Waals surface area contributed by atoms with Crippen molar-refractivity contribution < 1.29 is 0 Å². The summed E-state index contributed by atoms with van der Waals surface area (Å²) < 4.78 is 0. The van der Waals surface area contributed by atoms with Gasteiger partial charge in [0, 0.05) is 23.3 Å². The molecule has 3 rings (SSSR count). The average Bonchev–Trinajstić information content (AvgIpc) is 3.06. The first-order valence-corrected chi connectivity index (χ1v) is 8.08. The molecule has 1 saturated carbocycles. The highest BCUT2D eigenvalue weighted by atomic mass is 32.1. The van der Waals surface area contributed by atoms with E-state index in [-0.39, 0.29) is 5.54 Å². The zero-order chi connectivity index (χ0) is 14.0. The molecule has 2 aromatic rings. The molecular formula is C16H21N3S. The van der Waals surface area contributed by atoms with E-state index < -0.39 is 0 Å². The summed E-state index contributed by atoms with van der Waals surface area (Å²) >= 11 is 1.79. The maximum Gasteiger partial charge on any atom is 0.113 e. The van der Waals surface area contributed by atoms with Crippen molar-refractivity contribution in [2.45, 2.75) is 44.7 Å². The number of aryl methyl sites for hydroxylation is 1. The molecule has 1 fully saturated rings. The molecule has 1 aromatic heterocycles. The van der Waals surface area contributed by atoms with Gasteiger partial charge >= 0.3 is 0 Å². The maximum absolute atomic E-state index is 5.85. The zero-order valence-corrected chi connectivity index (χ0v) is 12.7. The first kappa shape index (κ1) is 13.6. The van der Waals surface area contributed by atoms with Gasteiger partial charge in [0.15, 0.2) is 0 Å². The van der Waals surface area contributed by atoms with Gasteiger partial charge in [-0.2, -0.15) is 0 Å². The van der Waals surface area contributed by atoms with Crippen molar-refractivity contribution in [3.8, 4) is 0 Å². The number of nitrogens with one attached hydrogen (secondary N) is 1. The van der Waals surface area contributed by atoms with Gasteiger partial charge in [0.1, 0.15) is 5.01 Å². The van der Waals surface area contributed by atoms with Gasteiger partial charge in [0.05, 0.1) is 5.54 Å². The number of rotatable bonds is 4. The largest absolute Gasteiger partial charge is 0.399 e. The van der Waals surface area contributed by atoms with Crippen LogP contribution in [0.2, 0.25) is 0 Å². The molecule has 0 bridgehead atoms. The summed E-state index contributed by atoms with van der Waals surface area (Å²) in [6.07, 6.45) is 4.93. The molecule has 4 heteroatoms. The number of nitrogens with two attached hydrogens (primary N) is 1. The number of hydrogen-bond acceptors (Lipinski definition) is 4. The first-order chi connectivity index (χ1) is 9.68. The van der Waals surface area contributed by atoms with Crippen LogP contribution in [0.1, 0.15) is 41.9 Å². The molecule has 3 N–H and O–H groups in total. The van der Waals surface area contributed by atoms with Crippen LogP contribution in [0.4, 0.5) is 5.69 Å². The molecule has 0 unspecified atom stereocenters. The third-order valence-electron chi connectivity index (χ3n) is 4.07. The van der Waals surface area contributed by atoms with E-state index in [4.69, 9.17) is 10.7 Å². The first-order valence-electron chi connectivity index (χ1n) is 7.20. The lowest BCUT2D eigenvalue weighted by molar-refractivity contribution is 0.337. The monoisotopic (exact) mass is 287 g/mol. The van der Waals surface area contributed by atoms with Crippen molar-refractivity contribution in [1.82, 2.24) is 10.3 Å². The topological polar surface area (TPSA) is 50.9 Å². The Kier molecular flexibility index (Phi) is 3.76. The number of hydrogen-bond donors (Lipinski definition) is 2. The van der Waals surface area contributed by atoms with E-state index in [1.165, 1.54) is 36.3 Å². The third kappa shape index (κ3) is 2.72. The molecule has 1 heterocycles. The second-order valence-corrected chi connectivity index (χ2v) is 6.54. The fourth-order valence-electron chi connectivity index (χ4n) is 2.99. The Morgan fingerprint density at radius 3 is 2.80 bits per heavy atom. The van der Waals surface area contributed by atoms with Gasteiger partial charge < -0.3 is 11.1 Å². The number of nitrogen functional groups attached to an aromatic ring is 1. The smallest absolute Gasteiger partial charge is 0.113 e. The number of thiazole rings is 1. The fourth-order valence-corrected chi connectivity index (χ4v) is 4.03. The van der Waals surface area contributed by atoms with Gasteiger partial charge in [-0.3, -0.25) is 0 Å². The van der Waals surface area contributed by atoms with Crippen LogP contribution >= 0.6 is 11.3 Å². The molecule has 0 aliphatic heterocycles. The number of nitrogens with zero attached hydrogens (tertiary/aromatic N) is 1.